The molecule has 0 N–H and O–H groups in total. The Bertz CT molecular complexity index is 258. The summed E-state index contributed by atoms with van der Waals surface area (Å²) in [5.41, 5.74) is 3.13. The van der Waals surface area contributed by atoms with Crippen LogP contribution in [0.3, 0.4) is 0 Å². The van der Waals surface area contributed by atoms with Crippen molar-refractivity contribution in [2.45, 2.75) is 39.7 Å². The summed E-state index contributed by atoms with van der Waals surface area (Å²) in [5.74, 6) is 0. The van der Waals surface area contributed by atoms with Gasteiger partial charge in [-0.05, 0) is 26.9 Å². The standard InChI is InChI=1S/C11H20N2S/c1-4-5-6-7-13(3)8-11-10(2)12-9-14-11/h9H,4-8H2,1-3H3. The lowest BCUT2D eigenvalue weighted by Gasteiger charge is -2.15. The van der Waals surface area contributed by atoms with E-state index in [1.807, 2.05) is 5.51 Å². The zero-order valence-corrected chi connectivity index (χ0v) is 10.2. The Morgan fingerprint density at radius 1 is 1.43 bits per heavy atom. The summed E-state index contributed by atoms with van der Waals surface area (Å²) >= 11 is 1.76. The Balaban J connectivity index is 2.27. The molecule has 0 amide bonds. The monoisotopic (exact) mass is 212 g/mol. The van der Waals surface area contributed by atoms with Crippen molar-refractivity contribution in [2.75, 3.05) is 13.6 Å². The summed E-state index contributed by atoms with van der Waals surface area (Å²) in [6, 6.07) is 0. The summed E-state index contributed by atoms with van der Waals surface area (Å²) < 4.78 is 0. The smallest absolute Gasteiger partial charge is 0.0798 e. The summed E-state index contributed by atoms with van der Waals surface area (Å²) in [6.07, 6.45) is 3.95. The van der Waals surface area contributed by atoms with Gasteiger partial charge in [-0.2, -0.15) is 0 Å². The zero-order valence-electron chi connectivity index (χ0n) is 9.42. The molecule has 0 unspecified atom stereocenters. The van der Waals surface area contributed by atoms with Gasteiger partial charge in [-0.25, -0.2) is 4.98 Å². The number of unbranched alkanes of at least 4 members (excludes halogenated alkanes) is 2. The van der Waals surface area contributed by atoms with Crippen molar-refractivity contribution >= 4 is 11.3 Å². The first-order chi connectivity index (χ1) is 6.74. The van der Waals surface area contributed by atoms with E-state index in [9.17, 15) is 0 Å². The third-order valence-corrected chi connectivity index (χ3v) is 3.32. The Hall–Kier alpha value is -0.410. The molecule has 0 aliphatic rings. The third-order valence-electron chi connectivity index (χ3n) is 2.40. The van der Waals surface area contributed by atoms with Crippen LogP contribution in [-0.2, 0) is 6.54 Å². The molecule has 0 atom stereocenters. The highest BCUT2D eigenvalue weighted by atomic mass is 32.1. The average Bonchev–Trinajstić information content (AvgIpc) is 2.52. The van der Waals surface area contributed by atoms with Crippen LogP contribution in [-0.4, -0.2) is 23.5 Å². The molecule has 0 saturated heterocycles. The van der Waals surface area contributed by atoms with Crippen molar-refractivity contribution in [1.82, 2.24) is 9.88 Å². The SMILES string of the molecule is CCCCCN(C)Cc1scnc1C. The first-order valence-corrected chi connectivity index (χ1v) is 6.19. The summed E-state index contributed by atoms with van der Waals surface area (Å²) in [6.45, 7) is 6.59. The van der Waals surface area contributed by atoms with Gasteiger partial charge in [-0.15, -0.1) is 11.3 Å². The Morgan fingerprint density at radius 2 is 2.21 bits per heavy atom. The Labute approximate surface area is 91.0 Å². The first kappa shape index (κ1) is 11.7. The predicted molar refractivity (Wildman–Crippen MR) is 62.7 cm³/mol. The van der Waals surface area contributed by atoms with Crippen LogP contribution in [0.5, 0.6) is 0 Å². The maximum atomic E-state index is 4.26. The topological polar surface area (TPSA) is 16.1 Å². The normalized spacial score (nSPS) is 11.1. The second-order valence-corrected chi connectivity index (χ2v) is 4.75. The van der Waals surface area contributed by atoms with E-state index in [0.29, 0.717) is 0 Å². The Kier molecular flexibility index (Phi) is 5.12. The van der Waals surface area contributed by atoms with E-state index in [0.717, 1.165) is 6.54 Å². The van der Waals surface area contributed by atoms with Crippen molar-refractivity contribution < 1.29 is 0 Å². The van der Waals surface area contributed by atoms with Crippen LogP contribution in [0.2, 0.25) is 0 Å². The van der Waals surface area contributed by atoms with Crippen molar-refractivity contribution in [1.29, 1.82) is 0 Å². The van der Waals surface area contributed by atoms with Crippen LogP contribution >= 0.6 is 11.3 Å². The molecule has 0 radical (unpaired) electrons. The van der Waals surface area contributed by atoms with E-state index in [2.05, 4.69) is 30.8 Å². The zero-order chi connectivity index (χ0) is 10.4. The van der Waals surface area contributed by atoms with E-state index in [4.69, 9.17) is 0 Å². The summed E-state index contributed by atoms with van der Waals surface area (Å²) in [4.78, 5) is 8.05. The van der Waals surface area contributed by atoms with Gasteiger partial charge < -0.3 is 4.90 Å². The van der Waals surface area contributed by atoms with Crippen molar-refractivity contribution in [3.8, 4) is 0 Å². The van der Waals surface area contributed by atoms with Crippen LogP contribution < -0.4 is 0 Å². The van der Waals surface area contributed by atoms with E-state index >= 15 is 0 Å². The van der Waals surface area contributed by atoms with Crippen LogP contribution in [0.4, 0.5) is 0 Å². The summed E-state index contributed by atoms with van der Waals surface area (Å²) in [5, 5.41) is 0. The van der Waals surface area contributed by atoms with E-state index in [1.165, 1.54) is 36.4 Å². The number of thiazole rings is 1. The maximum absolute atomic E-state index is 4.26. The molecule has 0 fully saturated rings. The van der Waals surface area contributed by atoms with E-state index in [1.54, 1.807) is 11.3 Å². The van der Waals surface area contributed by atoms with Crippen LogP contribution in [0, 0.1) is 6.92 Å². The lowest BCUT2D eigenvalue weighted by atomic mass is 10.2. The fraction of sp³-hybridized carbons (Fsp3) is 0.727. The van der Waals surface area contributed by atoms with Gasteiger partial charge in [0, 0.05) is 11.4 Å². The molecule has 80 valence electrons. The minimum absolute atomic E-state index is 1.06. The largest absolute Gasteiger partial charge is 0.301 e. The minimum Gasteiger partial charge on any atom is -0.301 e. The molecule has 2 nitrogen and oxygen atoms in total. The molecule has 14 heavy (non-hydrogen) atoms. The lowest BCUT2D eigenvalue weighted by Crippen LogP contribution is -2.18. The van der Waals surface area contributed by atoms with Gasteiger partial charge in [-0.3, -0.25) is 0 Å². The van der Waals surface area contributed by atoms with Gasteiger partial charge in [0.05, 0.1) is 11.2 Å². The second kappa shape index (κ2) is 6.14. The number of hydrogen-bond donors (Lipinski definition) is 0. The number of rotatable bonds is 6. The van der Waals surface area contributed by atoms with Gasteiger partial charge in [-0.1, -0.05) is 19.8 Å². The van der Waals surface area contributed by atoms with Crippen LogP contribution in [0.1, 0.15) is 36.8 Å². The van der Waals surface area contributed by atoms with Crippen molar-refractivity contribution in [3.05, 3.63) is 16.1 Å². The number of hydrogen-bond acceptors (Lipinski definition) is 3. The van der Waals surface area contributed by atoms with Crippen molar-refractivity contribution in [2.24, 2.45) is 0 Å². The molecule has 0 bridgehead atoms. The molecule has 0 aliphatic carbocycles. The lowest BCUT2D eigenvalue weighted by molar-refractivity contribution is 0.320. The molecule has 3 heteroatoms. The maximum Gasteiger partial charge on any atom is 0.0798 e. The highest BCUT2D eigenvalue weighted by molar-refractivity contribution is 7.09. The number of aromatic nitrogens is 1. The van der Waals surface area contributed by atoms with E-state index in [-0.39, 0.29) is 0 Å². The van der Waals surface area contributed by atoms with Gasteiger partial charge in [0.25, 0.3) is 0 Å². The van der Waals surface area contributed by atoms with Gasteiger partial charge in [0.1, 0.15) is 0 Å². The van der Waals surface area contributed by atoms with Gasteiger partial charge in [0.15, 0.2) is 0 Å². The fourth-order valence-corrected chi connectivity index (χ4v) is 2.29. The molecule has 0 saturated carbocycles. The molecule has 1 rings (SSSR count). The number of nitrogens with zero attached hydrogens (tertiary/aromatic N) is 2. The van der Waals surface area contributed by atoms with Crippen LogP contribution in [0.25, 0.3) is 0 Å². The highest BCUT2D eigenvalue weighted by Crippen LogP contribution is 2.14. The highest BCUT2D eigenvalue weighted by Gasteiger charge is 2.04. The predicted octanol–water partition coefficient (Wildman–Crippen LogP) is 3.07. The molecular formula is C11H20N2S. The van der Waals surface area contributed by atoms with Crippen LogP contribution in [0.15, 0.2) is 5.51 Å². The quantitative estimate of drug-likeness (QED) is 0.674. The molecular weight excluding hydrogens is 192 g/mol. The average molecular weight is 212 g/mol. The van der Waals surface area contributed by atoms with E-state index < -0.39 is 0 Å². The number of aryl methyl sites for hydroxylation is 1. The van der Waals surface area contributed by atoms with Gasteiger partial charge >= 0.3 is 0 Å². The first-order valence-electron chi connectivity index (χ1n) is 5.31. The third kappa shape index (κ3) is 3.76. The van der Waals surface area contributed by atoms with Gasteiger partial charge in [0.2, 0.25) is 0 Å². The molecule has 0 spiro atoms. The molecule has 1 aromatic heterocycles. The second-order valence-electron chi connectivity index (χ2n) is 3.81. The molecule has 1 heterocycles. The Morgan fingerprint density at radius 3 is 2.79 bits per heavy atom. The molecule has 0 aromatic carbocycles. The fourth-order valence-electron chi connectivity index (χ4n) is 1.43. The van der Waals surface area contributed by atoms with Crippen molar-refractivity contribution in [3.63, 3.8) is 0 Å². The molecule has 0 aliphatic heterocycles. The minimum atomic E-state index is 1.06. The molecule has 1 aromatic rings. The summed E-state index contributed by atoms with van der Waals surface area (Å²) in [7, 11) is 2.19.